The molecule has 0 spiro atoms. The lowest BCUT2D eigenvalue weighted by molar-refractivity contribution is 0.0695. The fraction of sp³-hybridized carbons (Fsp3) is 0.333. The largest absolute Gasteiger partial charge is 0.478 e. The maximum Gasteiger partial charge on any atom is 0.336 e. The molecule has 2 aromatic carbocycles. The van der Waals surface area contributed by atoms with Crippen LogP contribution >= 0.6 is 0 Å². The number of hydrogen-bond donors (Lipinski definition) is 1. The highest BCUT2D eigenvalue weighted by Crippen LogP contribution is 2.35. The maximum atomic E-state index is 11.5. The first-order valence-corrected chi connectivity index (χ1v) is 11.3. The Morgan fingerprint density at radius 3 is 2.62 bits per heavy atom. The van der Waals surface area contributed by atoms with Crippen LogP contribution < -0.4 is 4.90 Å². The van der Waals surface area contributed by atoms with Crippen LogP contribution in [0.25, 0.3) is 0 Å². The molecule has 1 aliphatic heterocycles. The van der Waals surface area contributed by atoms with E-state index in [9.17, 15) is 9.90 Å². The van der Waals surface area contributed by atoms with Gasteiger partial charge in [-0.2, -0.15) is 0 Å². The minimum absolute atomic E-state index is 0.267. The number of anilines is 2. The average molecular weight is 430 g/mol. The third-order valence-electron chi connectivity index (χ3n) is 6.69. The average Bonchev–Trinajstić information content (AvgIpc) is 2.83. The molecule has 1 N–H and O–H groups in total. The van der Waals surface area contributed by atoms with Crippen LogP contribution in [0.2, 0.25) is 0 Å². The molecule has 0 unspecified atom stereocenters. The van der Waals surface area contributed by atoms with Crippen molar-refractivity contribution < 1.29 is 9.90 Å². The zero-order chi connectivity index (χ0) is 22.7. The number of rotatable bonds is 7. The number of hydrogen-bond acceptors (Lipinski definition) is 4. The van der Waals surface area contributed by atoms with E-state index in [0.717, 1.165) is 31.4 Å². The molecule has 0 saturated carbocycles. The summed E-state index contributed by atoms with van der Waals surface area (Å²) in [5.41, 5.74) is 7.60. The summed E-state index contributed by atoms with van der Waals surface area (Å²) in [5, 5.41) is 9.48. The Morgan fingerprint density at radius 2 is 1.91 bits per heavy atom. The highest BCUT2D eigenvalue weighted by atomic mass is 16.4. The Kier molecular flexibility index (Phi) is 6.56. The molecule has 3 aromatic rings. The standard InChI is InChI=1S/C27H31N3O2/c1-4-19-5-8-22(9-6-19)30(3)23-10-11-24-20(17-23)14-16-29(2)26(24)12-7-21-18-28-15-13-25(21)27(31)32/h5-6,8-11,13,15,17-18,26H,4,7,12,14,16H2,1-3H3,(H,31,32)/t26-/m1/s1. The van der Waals surface area contributed by atoms with E-state index in [0.29, 0.717) is 12.0 Å². The lowest BCUT2D eigenvalue weighted by Gasteiger charge is -2.35. The van der Waals surface area contributed by atoms with Gasteiger partial charge in [-0.05, 0) is 85.3 Å². The number of pyridine rings is 1. The Hall–Kier alpha value is -3.18. The second-order valence-corrected chi connectivity index (χ2v) is 8.59. The first-order chi connectivity index (χ1) is 15.5. The van der Waals surface area contributed by atoms with Crippen molar-refractivity contribution >= 4 is 17.3 Å². The van der Waals surface area contributed by atoms with Gasteiger partial charge in [-0.15, -0.1) is 0 Å². The van der Waals surface area contributed by atoms with Crippen LogP contribution in [0.4, 0.5) is 11.4 Å². The van der Waals surface area contributed by atoms with E-state index in [-0.39, 0.29) is 6.04 Å². The van der Waals surface area contributed by atoms with Gasteiger partial charge in [-0.1, -0.05) is 25.1 Å². The Morgan fingerprint density at radius 1 is 1.16 bits per heavy atom. The van der Waals surface area contributed by atoms with Crippen molar-refractivity contribution in [2.75, 3.05) is 25.5 Å². The van der Waals surface area contributed by atoms with Crippen LogP contribution in [-0.2, 0) is 19.3 Å². The minimum Gasteiger partial charge on any atom is -0.478 e. The number of aromatic nitrogens is 1. The summed E-state index contributed by atoms with van der Waals surface area (Å²) in [6.07, 6.45) is 6.85. The number of aryl methyl sites for hydroxylation is 2. The van der Waals surface area contributed by atoms with E-state index in [2.05, 4.69) is 78.3 Å². The molecular formula is C27H31N3O2. The van der Waals surface area contributed by atoms with Gasteiger partial charge in [0.15, 0.2) is 0 Å². The lowest BCUT2D eigenvalue weighted by atomic mass is 9.88. The number of carboxylic acids is 1. The summed E-state index contributed by atoms with van der Waals surface area (Å²) in [6, 6.07) is 17.4. The van der Waals surface area contributed by atoms with E-state index in [4.69, 9.17) is 0 Å². The molecule has 1 aromatic heterocycles. The molecule has 5 heteroatoms. The van der Waals surface area contributed by atoms with E-state index in [1.807, 2.05) is 0 Å². The maximum absolute atomic E-state index is 11.5. The van der Waals surface area contributed by atoms with Crippen molar-refractivity contribution in [2.45, 2.75) is 38.6 Å². The topological polar surface area (TPSA) is 56.7 Å². The summed E-state index contributed by atoms with van der Waals surface area (Å²) < 4.78 is 0. The van der Waals surface area contributed by atoms with Crippen LogP contribution in [0, 0.1) is 0 Å². The molecule has 0 radical (unpaired) electrons. The van der Waals surface area contributed by atoms with Crippen molar-refractivity contribution in [3.05, 3.63) is 88.7 Å². The predicted octanol–water partition coefficient (Wildman–Crippen LogP) is 5.27. The molecule has 0 saturated heterocycles. The van der Waals surface area contributed by atoms with Gasteiger partial charge >= 0.3 is 5.97 Å². The highest BCUT2D eigenvalue weighted by molar-refractivity contribution is 5.89. The molecule has 4 rings (SSSR count). The van der Waals surface area contributed by atoms with Gasteiger partial charge in [0, 0.05) is 43.4 Å². The van der Waals surface area contributed by atoms with Crippen LogP contribution in [0.1, 0.15) is 52.0 Å². The van der Waals surface area contributed by atoms with Gasteiger partial charge in [0.25, 0.3) is 0 Å². The second-order valence-electron chi connectivity index (χ2n) is 8.59. The molecule has 166 valence electrons. The quantitative estimate of drug-likeness (QED) is 0.554. The van der Waals surface area contributed by atoms with E-state index in [1.165, 1.54) is 28.1 Å². The Balaban J connectivity index is 1.55. The second kappa shape index (κ2) is 9.53. The van der Waals surface area contributed by atoms with Crippen molar-refractivity contribution in [1.29, 1.82) is 0 Å². The number of benzene rings is 2. The number of carboxylic acid groups (broad SMARTS) is 1. The minimum atomic E-state index is -0.889. The zero-order valence-corrected chi connectivity index (χ0v) is 19.1. The van der Waals surface area contributed by atoms with Gasteiger partial charge in [0.1, 0.15) is 0 Å². The van der Waals surface area contributed by atoms with Crippen LogP contribution in [0.5, 0.6) is 0 Å². The first-order valence-electron chi connectivity index (χ1n) is 11.3. The zero-order valence-electron chi connectivity index (χ0n) is 19.1. The normalized spacial score (nSPS) is 15.9. The summed E-state index contributed by atoms with van der Waals surface area (Å²) in [7, 11) is 4.27. The van der Waals surface area contributed by atoms with Crippen molar-refractivity contribution in [1.82, 2.24) is 9.88 Å². The number of nitrogens with zero attached hydrogens (tertiary/aromatic N) is 3. The van der Waals surface area contributed by atoms with Gasteiger partial charge in [-0.25, -0.2) is 4.79 Å². The smallest absolute Gasteiger partial charge is 0.336 e. The highest BCUT2D eigenvalue weighted by Gasteiger charge is 2.25. The summed E-state index contributed by atoms with van der Waals surface area (Å²) in [5.74, 6) is -0.889. The van der Waals surface area contributed by atoms with E-state index >= 15 is 0 Å². The summed E-state index contributed by atoms with van der Waals surface area (Å²) >= 11 is 0. The fourth-order valence-electron chi connectivity index (χ4n) is 4.64. The third kappa shape index (κ3) is 4.53. The molecule has 0 aliphatic carbocycles. The van der Waals surface area contributed by atoms with Gasteiger partial charge in [0.2, 0.25) is 0 Å². The van der Waals surface area contributed by atoms with Gasteiger partial charge < -0.3 is 10.0 Å². The molecular weight excluding hydrogens is 398 g/mol. The van der Waals surface area contributed by atoms with Crippen LogP contribution in [0.3, 0.4) is 0 Å². The Bertz CT molecular complexity index is 1090. The van der Waals surface area contributed by atoms with Crippen molar-refractivity contribution in [3.8, 4) is 0 Å². The molecule has 0 bridgehead atoms. The molecule has 1 atom stereocenters. The molecule has 1 aliphatic rings. The predicted molar refractivity (Wildman–Crippen MR) is 129 cm³/mol. The first kappa shape index (κ1) is 22.0. The van der Waals surface area contributed by atoms with Gasteiger partial charge in [0.05, 0.1) is 5.56 Å². The summed E-state index contributed by atoms with van der Waals surface area (Å²) in [4.78, 5) is 20.3. The number of carbonyl (C=O) groups is 1. The van der Waals surface area contributed by atoms with Gasteiger partial charge in [-0.3, -0.25) is 9.88 Å². The fourth-order valence-corrected chi connectivity index (χ4v) is 4.64. The number of fused-ring (bicyclic) bond motifs is 1. The van der Waals surface area contributed by atoms with Crippen LogP contribution in [-0.4, -0.2) is 41.6 Å². The summed E-state index contributed by atoms with van der Waals surface area (Å²) in [6.45, 7) is 3.17. The van der Waals surface area contributed by atoms with Crippen LogP contribution in [0.15, 0.2) is 60.9 Å². The third-order valence-corrected chi connectivity index (χ3v) is 6.69. The SMILES string of the molecule is CCc1ccc(N(C)c2ccc3c(c2)CCN(C)[C@@H]3CCc2cnccc2C(=O)O)cc1. The molecule has 0 amide bonds. The number of aromatic carboxylic acids is 1. The molecule has 5 nitrogen and oxygen atoms in total. The van der Waals surface area contributed by atoms with E-state index < -0.39 is 5.97 Å². The van der Waals surface area contributed by atoms with Crippen molar-refractivity contribution in [2.24, 2.45) is 0 Å². The monoisotopic (exact) mass is 429 g/mol. The Labute approximate surface area is 190 Å². The molecule has 32 heavy (non-hydrogen) atoms. The lowest BCUT2D eigenvalue weighted by Crippen LogP contribution is -2.32. The molecule has 2 heterocycles. The van der Waals surface area contributed by atoms with E-state index in [1.54, 1.807) is 18.5 Å². The van der Waals surface area contributed by atoms with Crippen molar-refractivity contribution in [3.63, 3.8) is 0 Å². The number of likely N-dealkylation sites (N-methyl/N-ethyl adjacent to an activating group) is 1. The molecule has 0 fully saturated rings.